The Kier molecular flexibility index (Phi) is 3.19. The van der Waals surface area contributed by atoms with Gasteiger partial charge in [-0.25, -0.2) is 0 Å². The van der Waals surface area contributed by atoms with Crippen molar-refractivity contribution in [1.82, 2.24) is 5.32 Å². The highest BCUT2D eigenvalue weighted by atomic mass is 79.9. The van der Waals surface area contributed by atoms with Crippen LogP contribution in [0.3, 0.4) is 0 Å². The van der Waals surface area contributed by atoms with E-state index in [1.165, 1.54) is 6.92 Å². The summed E-state index contributed by atoms with van der Waals surface area (Å²) in [6.45, 7) is 3.93. The van der Waals surface area contributed by atoms with Gasteiger partial charge in [-0.15, -0.1) is 0 Å². The largest absolute Gasteiger partial charge is 0.341 e. The molecular weight excluding hydrogens is 284 g/mol. The molecule has 2 amide bonds. The van der Waals surface area contributed by atoms with Gasteiger partial charge < -0.3 is 10.2 Å². The van der Waals surface area contributed by atoms with Crippen LogP contribution in [0.4, 0.5) is 5.69 Å². The number of carbonyl (C=O) groups is 2. The Morgan fingerprint density at radius 2 is 2.24 bits per heavy atom. The number of carbonyl (C=O) groups excluding carboxylic acids is 2. The van der Waals surface area contributed by atoms with Crippen molar-refractivity contribution in [3.8, 4) is 0 Å². The normalized spacial score (nSPS) is 18.2. The first kappa shape index (κ1) is 12.1. The second-order valence-electron chi connectivity index (χ2n) is 3.92. The summed E-state index contributed by atoms with van der Waals surface area (Å²) < 4.78 is 0.900. The summed E-state index contributed by atoms with van der Waals surface area (Å²) in [4.78, 5) is 25.0. The maximum atomic E-state index is 12.1. The highest BCUT2D eigenvalue weighted by Crippen LogP contribution is 2.37. The number of hydrogen-bond donors (Lipinski definition) is 1. The van der Waals surface area contributed by atoms with Crippen LogP contribution in [0.1, 0.15) is 25.5 Å². The molecule has 0 fully saturated rings. The van der Waals surface area contributed by atoms with Crippen molar-refractivity contribution in [3.63, 3.8) is 0 Å². The summed E-state index contributed by atoms with van der Waals surface area (Å²) in [5.74, 6) is -0.275. The quantitative estimate of drug-likeness (QED) is 0.907. The Morgan fingerprint density at radius 3 is 2.82 bits per heavy atom. The van der Waals surface area contributed by atoms with Crippen molar-refractivity contribution in [2.45, 2.75) is 19.9 Å². The number of benzene rings is 1. The summed E-state index contributed by atoms with van der Waals surface area (Å²) in [5, 5.41) is 2.69. The van der Waals surface area contributed by atoms with Crippen LogP contribution in [-0.2, 0) is 9.59 Å². The molecule has 1 aliphatic heterocycles. The Morgan fingerprint density at radius 1 is 1.53 bits per heavy atom. The topological polar surface area (TPSA) is 49.4 Å². The molecule has 5 heteroatoms. The fourth-order valence-corrected chi connectivity index (χ4v) is 2.46. The Hall–Kier alpha value is -1.36. The molecule has 0 aromatic heterocycles. The van der Waals surface area contributed by atoms with Crippen LogP contribution in [0.25, 0.3) is 0 Å². The molecule has 0 unspecified atom stereocenters. The Labute approximate surface area is 108 Å². The lowest BCUT2D eigenvalue weighted by atomic mass is 10.1. The van der Waals surface area contributed by atoms with Crippen molar-refractivity contribution >= 4 is 33.4 Å². The minimum absolute atomic E-state index is 0.0733. The van der Waals surface area contributed by atoms with Crippen molar-refractivity contribution in [1.29, 1.82) is 0 Å². The van der Waals surface area contributed by atoms with Crippen molar-refractivity contribution in [2.75, 3.05) is 11.4 Å². The van der Waals surface area contributed by atoms with Gasteiger partial charge in [0, 0.05) is 29.2 Å². The average Bonchev–Trinajstić information content (AvgIpc) is 2.51. The molecular formula is C12H13BrN2O2. The molecule has 1 heterocycles. The lowest BCUT2D eigenvalue weighted by Gasteiger charge is -2.15. The van der Waals surface area contributed by atoms with Crippen LogP contribution in [0, 0.1) is 0 Å². The Bertz CT molecular complexity index is 487. The van der Waals surface area contributed by atoms with Crippen LogP contribution in [0.5, 0.6) is 0 Å². The fraction of sp³-hybridized carbons (Fsp3) is 0.333. The highest BCUT2D eigenvalue weighted by molar-refractivity contribution is 9.10. The van der Waals surface area contributed by atoms with E-state index >= 15 is 0 Å². The first-order valence-electron chi connectivity index (χ1n) is 5.42. The molecule has 0 saturated carbocycles. The fourth-order valence-electron chi connectivity index (χ4n) is 2.08. The van der Waals surface area contributed by atoms with Crippen LogP contribution >= 0.6 is 15.9 Å². The first-order chi connectivity index (χ1) is 8.04. The molecule has 0 radical (unpaired) electrons. The molecule has 1 aromatic carbocycles. The minimum Gasteiger partial charge on any atom is -0.341 e. The predicted molar refractivity (Wildman–Crippen MR) is 68.7 cm³/mol. The third-order valence-corrected chi connectivity index (χ3v) is 3.26. The van der Waals surface area contributed by atoms with E-state index < -0.39 is 6.04 Å². The van der Waals surface area contributed by atoms with Gasteiger partial charge in [0.1, 0.15) is 6.04 Å². The summed E-state index contributed by atoms with van der Waals surface area (Å²) in [6, 6.07) is 5.11. The Balaban J connectivity index is 2.47. The molecule has 1 N–H and O–H groups in total. The molecule has 2 rings (SSSR count). The zero-order valence-electron chi connectivity index (χ0n) is 9.66. The highest BCUT2D eigenvalue weighted by Gasteiger charge is 2.36. The van der Waals surface area contributed by atoms with E-state index in [1.54, 1.807) is 4.90 Å². The van der Waals surface area contributed by atoms with E-state index in [-0.39, 0.29) is 11.8 Å². The lowest BCUT2D eigenvalue weighted by Crippen LogP contribution is -2.36. The monoisotopic (exact) mass is 296 g/mol. The molecule has 90 valence electrons. The summed E-state index contributed by atoms with van der Waals surface area (Å²) in [7, 11) is 0. The number of nitrogens with one attached hydrogen (secondary N) is 1. The number of anilines is 1. The average molecular weight is 297 g/mol. The third kappa shape index (κ3) is 2.07. The molecule has 0 aliphatic carbocycles. The number of likely N-dealkylation sites (N-methyl/N-ethyl adjacent to an activating group) is 1. The van der Waals surface area contributed by atoms with Gasteiger partial charge in [-0.3, -0.25) is 9.59 Å². The van der Waals surface area contributed by atoms with Crippen LogP contribution in [0.15, 0.2) is 22.7 Å². The van der Waals surface area contributed by atoms with Gasteiger partial charge in [-0.1, -0.05) is 15.9 Å². The van der Waals surface area contributed by atoms with E-state index in [9.17, 15) is 9.59 Å². The zero-order valence-corrected chi connectivity index (χ0v) is 11.2. The van der Waals surface area contributed by atoms with E-state index in [4.69, 9.17) is 0 Å². The van der Waals surface area contributed by atoms with E-state index in [0.29, 0.717) is 6.54 Å². The number of halogens is 1. The maximum absolute atomic E-state index is 12.1. The van der Waals surface area contributed by atoms with E-state index in [2.05, 4.69) is 21.2 Å². The third-order valence-electron chi connectivity index (χ3n) is 2.77. The summed E-state index contributed by atoms with van der Waals surface area (Å²) >= 11 is 3.38. The molecule has 17 heavy (non-hydrogen) atoms. The smallest absolute Gasteiger partial charge is 0.254 e. The second kappa shape index (κ2) is 4.49. The second-order valence-corrected chi connectivity index (χ2v) is 4.83. The predicted octanol–water partition coefficient (Wildman–Crippen LogP) is 1.99. The summed E-state index contributed by atoms with van der Waals surface area (Å²) in [6.07, 6.45) is 0. The zero-order chi connectivity index (χ0) is 12.6. The van der Waals surface area contributed by atoms with Crippen LogP contribution in [0.2, 0.25) is 0 Å². The minimum atomic E-state index is -0.556. The number of amides is 2. The van der Waals surface area contributed by atoms with Gasteiger partial charge in [0.2, 0.25) is 5.91 Å². The molecule has 0 bridgehead atoms. The van der Waals surface area contributed by atoms with Gasteiger partial charge in [-0.2, -0.15) is 0 Å². The standard InChI is InChI=1S/C12H13BrN2O2/c1-3-15-10-5-4-8(13)6-9(10)11(12(15)17)14-7(2)16/h4-6,11H,3H2,1-2H3,(H,14,16)/t11-/m1/s1. The lowest BCUT2D eigenvalue weighted by molar-refractivity contribution is -0.126. The molecule has 0 saturated heterocycles. The molecule has 1 atom stereocenters. The summed E-state index contributed by atoms with van der Waals surface area (Å²) in [5.41, 5.74) is 1.72. The van der Waals surface area contributed by atoms with Gasteiger partial charge in [-0.05, 0) is 25.1 Å². The number of nitrogens with zero attached hydrogens (tertiary/aromatic N) is 1. The van der Waals surface area contributed by atoms with Crippen molar-refractivity contribution < 1.29 is 9.59 Å². The maximum Gasteiger partial charge on any atom is 0.254 e. The molecule has 1 aromatic rings. The van der Waals surface area contributed by atoms with Crippen LogP contribution in [-0.4, -0.2) is 18.4 Å². The van der Waals surface area contributed by atoms with Gasteiger partial charge in [0.05, 0.1) is 0 Å². The van der Waals surface area contributed by atoms with Gasteiger partial charge >= 0.3 is 0 Å². The van der Waals surface area contributed by atoms with Crippen LogP contribution < -0.4 is 10.2 Å². The van der Waals surface area contributed by atoms with Crippen molar-refractivity contribution in [2.24, 2.45) is 0 Å². The molecule has 1 aliphatic rings. The van der Waals surface area contributed by atoms with E-state index in [0.717, 1.165) is 15.7 Å². The van der Waals surface area contributed by atoms with Crippen molar-refractivity contribution in [3.05, 3.63) is 28.2 Å². The van der Waals surface area contributed by atoms with Gasteiger partial charge in [0.25, 0.3) is 5.91 Å². The van der Waals surface area contributed by atoms with Gasteiger partial charge in [0.15, 0.2) is 0 Å². The molecule has 4 nitrogen and oxygen atoms in total. The number of hydrogen-bond acceptors (Lipinski definition) is 2. The number of rotatable bonds is 2. The number of fused-ring (bicyclic) bond motifs is 1. The first-order valence-corrected chi connectivity index (χ1v) is 6.21. The SMILES string of the molecule is CCN1C(=O)[C@H](NC(C)=O)c2cc(Br)ccc21. The molecule has 0 spiro atoms. The van der Waals surface area contributed by atoms with E-state index in [1.807, 2.05) is 25.1 Å².